The first-order valence-electron chi connectivity index (χ1n) is 8.11. The van der Waals surface area contributed by atoms with Crippen LogP contribution in [0.25, 0.3) is 0 Å². The number of anilines is 2. The molecule has 0 bridgehead atoms. The molecular formula is C19H20N4O. The molecule has 2 N–H and O–H groups in total. The van der Waals surface area contributed by atoms with E-state index < -0.39 is 0 Å². The number of carbonyl (C=O) groups is 1. The number of benzene rings is 1. The molecule has 1 amide bonds. The van der Waals surface area contributed by atoms with Crippen LogP contribution < -0.4 is 10.6 Å². The van der Waals surface area contributed by atoms with Gasteiger partial charge < -0.3 is 10.6 Å². The maximum absolute atomic E-state index is 11.8. The molecule has 0 radical (unpaired) electrons. The number of pyridine rings is 1. The van der Waals surface area contributed by atoms with E-state index in [-0.39, 0.29) is 17.9 Å². The summed E-state index contributed by atoms with van der Waals surface area (Å²) in [6.07, 6.45) is 3.69. The van der Waals surface area contributed by atoms with Crippen molar-refractivity contribution in [3.8, 4) is 6.07 Å². The van der Waals surface area contributed by atoms with Crippen LogP contribution in [0.3, 0.4) is 0 Å². The molecule has 1 fully saturated rings. The van der Waals surface area contributed by atoms with Gasteiger partial charge in [-0.2, -0.15) is 5.26 Å². The van der Waals surface area contributed by atoms with E-state index >= 15 is 0 Å². The molecule has 0 unspecified atom stereocenters. The van der Waals surface area contributed by atoms with E-state index in [2.05, 4.69) is 21.7 Å². The zero-order valence-electron chi connectivity index (χ0n) is 13.8. The lowest BCUT2D eigenvalue weighted by Gasteiger charge is -2.17. The highest BCUT2D eigenvalue weighted by Crippen LogP contribution is 2.30. The molecule has 0 saturated heterocycles. The first-order valence-corrected chi connectivity index (χ1v) is 8.11. The number of hydrogen-bond donors (Lipinski definition) is 2. The van der Waals surface area contributed by atoms with Crippen molar-refractivity contribution in [1.82, 2.24) is 4.98 Å². The van der Waals surface area contributed by atoms with E-state index in [1.165, 1.54) is 0 Å². The van der Waals surface area contributed by atoms with Crippen LogP contribution in [-0.2, 0) is 4.79 Å². The number of nitriles is 1. The molecule has 1 atom stereocenters. The summed E-state index contributed by atoms with van der Waals surface area (Å²) in [5.41, 5.74) is 3.35. The SMILES string of the molecule is Cc1ccnc(N[C@H](C)c2ccc(NC(=O)C3CC3)cc2)c1C#N. The van der Waals surface area contributed by atoms with Crippen LogP contribution in [-0.4, -0.2) is 10.9 Å². The fourth-order valence-electron chi connectivity index (χ4n) is 2.54. The third-order valence-corrected chi connectivity index (χ3v) is 4.25. The number of amides is 1. The number of carbonyl (C=O) groups excluding carboxylic acids is 1. The summed E-state index contributed by atoms with van der Waals surface area (Å²) in [5.74, 6) is 0.898. The molecule has 1 saturated carbocycles. The molecule has 5 heteroatoms. The molecule has 122 valence electrons. The molecule has 1 aliphatic carbocycles. The Kier molecular flexibility index (Phi) is 4.48. The number of aryl methyl sites for hydroxylation is 1. The predicted octanol–water partition coefficient (Wildman–Crippen LogP) is 3.78. The number of aromatic nitrogens is 1. The maximum atomic E-state index is 11.8. The Balaban J connectivity index is 1.69. The van der Waals surface area contributed by atoms with Gasteiger partial charge in [0.2, 0.25) is 5.91 Å². The Bertz CT molecular complexity index is 788. The van der Waals surface area contributed by atoms with Gasteiger partial charge in [0.1, 0.15) is 11.9 Å². The first kappa shape index (κ1) is 16.0. The van der Waals surface area contributed by atoms with E-state index in [1.54, 1.807) is 6.20 Å². The standard InChI is InChI=1S/C19H20N4O/c1-12-9-10-21-18(17(12)11-20)22-13(2)14-5-7-16(8-6-14)23-19(24)15-3-4-15/h5-10,13,15H,3-4H2,1-2H3,(H,21,22)(H,23,24)/t13-/m1/s1. The predicted molar refractivity (Wildman–Crippen MR) is 93.5 cm³/mol. The molecule has 24 heavy (non-hydrogen) atoms. The monoisotopic (exact) mass is 320 g/mol. The number of nitrogens with zero attached hydrogens (tertiary/aromatic N) is 2. The molecule has 0 spiro atoms. The summed E-state index contributed by atoms with van der Waals surface area (Å²) >= 11 is 0. The van der Waals surface area contributed by atoms with Crippen LogP contribution in [0.1, 0.15) is 42.5 Å². The second kappa shape index (κ2) is 6.71. The molecule has 1 heterocycles. The van der Waals surface area contributed by atoms with Crippen LogP contribution in [0.2, 0.25) is 0 Å². The summed E-state index contributed by atoms with van der Waals surface area (Å²) < 4.78 is 0. The zero-order chi connectivity index (χ0) is 17.1. The molecule has 3 rings (SSSR count). The van der Waals surface area contributed by atoms with Gasteiger partial charge in [0.05, 0.1) is 5.56 Å². The number of hydrogen-bond acceptors (Lipinski definition) is 4. The quantitative estimate of drug-likeness (QED) is 0.878. The number of rotatable bonds is 5. The summed E-state index contributed by atoms with van der Waals surface area (Å²) in [4.78, 5) is 16.0. The van der Waals surface area contributed by atoms with Crippen molar-refractivity contribution in [1.29, 1.82) is 5.26 Å². The smallest absolute Gasteiger partial charge is 0.227 e. The lowest BCUT2D eigenvalue weighted by Crippen LogP contribution is -2.13. The van der Waals surface area contributed by atoms with Crippen molar-refractivity contribution in [2.75, 3.05) is 10.6 Å². The van der Waals surface area contributed by atoms with Crippen LogP contribution >= 0.6 is 0 Å². The fourth-order valence-corrected chi connectivity index (χ4v) is 2.54. The van der Waals surface area contributed by atoms with E-state index in [4.69, 9.17) is 0 Å². The maximum Gasteiger partial charge on any atom is 0.227 e. The Hall–Kier alpha value is -2.87. The van der Waals surface area contributed by atoms with Gasteiger partial charge in [-0.3, -0.25) is 4.79 Å². The third kappa shape index (κ3) is 3.54. The minimum Gasteiger partial charge on any atom is -0.362 e. The van der Waals surface area contributed by atoms with Gasteiger partial charge in [-0.25, -0.2) is 4.98 Å². The highest BCUT2D eigenvalue weighted by molar-refractivity contribution is 5.94. The van der Waals surface area contributed by atoms with Crippen LogP contribution in [0.5, 0.6) is 0 Å². The number of nitrogens with one attached hydrogen (secondary N) is 2. The fraction of sp³-hybridized carbons (Fsp3) is 0.316. The minimum atomic E-state index is -0.000386. The Morgan fingerprint density at radius 1 is 1.29 bits per heavy atom. The summed E-state index contributed by atoms with van der Waals surface area (Å²) in [6.45, 7) is 3.91. The van der Waals surface area contributed by atoms with Crippen molar-refractivity contribution in [2.45, 2.75) is 32.7 Å². The highest BCUT2D eigenvalue weighted by atomic mass is 16.2. The van der Waals surface area contributed by atoms with Gasteiger partial charge in [-0.05, 0) is 56.0 Å². The molecule has 0 aliphatic heterocycles. The van der Waals surface area contributed by atoms with Crippen molar-refractivity contribution >= 4 is 17.4 Å². The third-order valence-electron chi connectivity index (χ3n) is 4.25. The van der Waals surface area contributed by atoms with Gasteiger partial charge in [0, 0.05) is 23.8 Å². The van der Waals surface area contributed by atoms with Crippen LogP contribution in [0, 0.1) is 24.2 Å². The molecule has 5 nitrogen and oxygen atoms in total. The molecule has 1 aliphatic rings. The first-order chi connectivity index (χ1) is 11.6. The van der Waals surface area contributed by atoms with Crippen LogP contribution in [0.15, 0.2) is 36.5 Å². The van der Waals surface area contributed by atoms with Gasteiger partial charge in [0.15, 0.2) is 0 Å². The Morgan fingerprint density at radius 3 is 2.62 bits per heavy atom. The van der Waals surface area contributed by atoms with Crippen molar-refractivity contribution < 1.29 is 4.79 Å². The van der Waals surface area contributed by atoms with Crippen molar-refractivity contribution in [3.05, 3.63) is 53.2 Å². The van der Waals surface area contributed by atoms with Crippen molar-refractivity contribution in [3.63, 3.8) is 0 Å². The van der Waals surface area contributed by atoms with Gasteiger partial charge >= 0.3 is 0 Å². The Labute approximate surface area is 141 Å². The minimum absolute atomic E-state index is 0.000386. The van der Waals surface area contributed by atoms with Crippen LogP contribution in [0.4, 0.5) is 11.5 Å². The van der Waals surface area contributed by atoms with Gasteiger partial charge in [0.25, 0.3) is 0 Å². The topological polar surface area (TPSA) is 77.8 Å². The molecular weight excluding hydrogens is 300 g/mol. The summed E-state index contributed by atoms with van der Waals surface area (Å²) in [6, 6.07) is 11.8. The lowest BCUT2D eigenvalue weighted by atomic mass is 10.1. The molecule has 2 aromatic rings. The molecule has 1 aromatic heterocycles. The van der Waals surface area contributed by atoms with Gasteiger partial charge in [-0.15, -0.1) is 0 Å². The van der Waals surface area contributed by atoms with E-state index in [0.717, 1.165) is 29.7 Å². The average molecular weight is 320 g/mol. The van der Waals surface area contributed by atoms with E-state index in [0.29, 0.717) is 11.4 Å². The van der Waals surface area contributed by atoms with E-state index in [9.17, 15) is 10.1 Å². The normalized spacial score (nSPS) is 14.5. The summed E-state index contributed by atoms with van der Waals surface area (Å²) in [5, 5.41) is 15.5. The largest absolute Gasteiger partial charge is 0.362 e. The zero-order valence-corrected chi connectivity index (χ0v) is 13.8. The second-order valence-corrected chi connectivity index (χ2v) is 6.21. The summed E-state index contributed by atoms with van der Waals surface area (Å²) in [7, 11) is 0. The second-order valence-electron chi connectivity index (χ2n) is 6.21. The van der Waals surface area contributed by atoms with Gasteiger partial charge in [-0.1, -0.05) is 12.1 Å². The lowest BCUT2D eigenvalue weighted by molar-refractivity contribution is -0.117. The molecule has 1 aromatic carbocycles. The highest BCUT2D eigenvalue weighted by Gasteiger charge is 2.29. The van der Waals surface area contributed by atoms with E-state index in [1.807, 2.05) is 44.2 Å². The Morgan fingerprint density at radius 2 is 2.00 bits per heavy atom. The average Bonchev–Trinajstić information content (AvgIpc) is 3.40. The van der Waals surface area contributed by atoms with Crippen molar-refractivity contribution in [2.24, 2.45) is 5.92 Å².